The van der Waals surface area contributed by atoms with E-state index in [-0.39, 0.29) is 17.6 Å². The number of nitrogens with two attached hydrogens (primary N) is 1. The molecule has 11 heteroatoms. The van der Waals surface area contributed by atoms with Crippen LogP contribution in [0.4, 0.5) is 0 Å². The van der Waals surface area contributed by atoms with Crippen molar-refractivity contribution in [2.45, 2.75) is 11.8 Å². The second-order valence-corrected chi connectivity index (χ2v) is 6.63. The van der Waals surface area contributed by atoms with Gasteiger partial charge in [0.05, 0.1) is 11.1 Å². The Kier molecular flexibility index (Phi) is 6.71. The first-order valence-corrected chi connectivity index (χ1v) is 8.94. The van der Waals surface area contributed by atoms with E-state index in [4.69, 9.17) is 25.0 Å². The highest BCUT2D eigenvalue weighted by atomic mass is 32.2. The van der Waals surface area contributed by atoms with E-state index in [0.717, 1.165) is 11.1 Å². The highest BCUT2D eigenvalue weighted by molar-refractivity contribution is 7.85. The van der Waals surface area contributed by atoms with E-state index in [0.29, 0.717) is 11.5 Å². The zero-order valence-electron chi connectivity index (χ0n) is 14.2. The first kappa shape index (κ1) is 20.2. The number of rotatable bonds is 3. The number of guanidine groups is 1. The molecule has 1 aliphatic rings. The van der Waals surface area contributed by atoms with Crippen molar-refractivity contribution in [2.24, 2.45) is 15.9 Å². The number of hydrogen-bond acceptors (Lipinski definition) is 7. The number of aryl methyl sites for hydroxylation is 1. The maximum absolute atomic E-state index is 10.5. The van der Waals surface area contributed by atoms with Crippen molar-refractivity contribution in [3.8, 4) is 11.5 Å². The van der Waals surface area contributed by atoms with E-state index < -0.39 is 10.1 Å². The average Bonchev–Trinajstić information content (AvgIpc) is 3.11. The summed E-state index contributed by atoms with van der Waals surface area (Å²) in [6.45, 7) is 2.04. The summed E-state index contributed by atoms with van der Waals surface area (Å²) in [6.07, 6.45) is 1.46. The molecule has 5 N–H and O–H groups in total. The van der Waals surface area contributed by atoms with Crippen molar-refractivity contribution in [1.82, 2.24) is 5.48 Å². The second-order valence-electron chi connectivity index (χ2n) is 5.21. The molecule has 2 aromatic carbocycles. The van der Waals surface area contributed by atoms with Crippen molar-refractivity contribution in [3.63, 3.8) is 0 Å². The molecule has 0 unspecified atom stereocenters. The average molecular weight is 394 g/mol. The predicted molar refractivity (Wildman–Crippen MR) is 97.7 cm³/mol. The lowest BCUT2D eigenvalue weighted by atomic mass is 10.2. The summed E-state index contributed by atoms with van der Waals surface area (Å²) in [7, 11) is -4.02. The van der Waals surface area contributed by atoms with Gasteiger partial charge in [0.1, 0.15) is 0 Å². The summed E-state index contributed by atoms with van der Waals surface area (Å²) in [6, 6.07) is 11.4. The molecule has 0 saturated heterocycles. The van der Waals surface area contributed by atoms with Gasteiger partial charge in [0.15, 0.2) is 11.5 Å². The third-order valence-electron chi connectivity index (χ3n) is 3.22. The molecule has 2 aromatic rings. The van der Waals surface area contributed by atoms with Gasteiger partial charge in [0.2, 0.25) is 12.8 Å². The topological polar surface area (TPSA) is 156 Å². The van der Waals surface area contributed by atoms with E-state index in [1.807, 2.05) is 13.0 Å². The Balaban J connectivity index is 0.000000208. The van der Waals surface area contributed by atoms with Crippen LogP contribution in [0.1, 0.15) is 11.1 Å². The van der Waals surface area contributed by atoms with Gasteiger partial charge in [-0.2, -0.15) is 13.5 Å². The van der Waals surface area contributed by atoms with Gasteiger partial charge < -0.3 is 15.2 Å². The summed E-state index contributed by atoms with van der Waals surface area (Å²) in [5.41, 5.74) is 8.51. The molecule has 0 amide bonds. The molecular formula is C16H18N4O6S. The summed E-state index contributed by atoms with van der Waals surface area (Å²) in [5.74, 6) is 1.10. The van der Waals surface area contributed by atoms with Crippen LogP contribution >= 0.6 is 0 Å². The van der Waals surface area contributed by atoms with Gasteiger partial charge in [-0.05, 0) is 31.2 Å². The SMILES string of the molecule is Cc1ccc(S(=O)(=O)O)cc1.N/C(=N/N=C/c1cccc2c1OCO2)NO. The van der Waals surface area contributed by atoms with Gasteiger partial charge in [0.25, 0.3) is 10.1 Å². The van der Waals surface area contributed by atoms with E-state index >= 15 is 0 Å². The fourth-order valence-corrected chi connectivity index (χ4v) is 2.42. The quantitative estimate of drug-likeness (QED) is 0.262. The first-order valence-electron chi connectivity index (χ1n) is 7.50. The Hall–Kier alpha value is -3.15. The number of benzene rings is 2. The molecule has 1 heterocycles. The van der Waals surface area contributed by atoms with Crippen molar-refractivity contribution in [2.75, 3.05) is 6.79 Å². The third kappa shape index (κ3) is 5.95. The monoisotopic (exact) mass is 394 g/mol. The lowest BCUT2D eigenvalue weighted by molar-refractivity contribution is 0.174. The smallest absolute Gasteiger partial charge is 0.294 e. The number of nitrogens with zero attached hydrogens (tertiary/aromatic N) is 2. The number of fused-ring (bicyclic) bond motifs is 1. The molecule has 0 aromatic heterocycles. The number of hydroxylamine groups is 1. The largest absolute Gasteiger partial charge is 0.454 e. The van der Waals surface area contributed by atoms with Crippen LogP contribution < -0.4 is 20.7 Å². The van der Waals surface area contributed by atoms with Crippen LogP contribution in [0.2, 0.25) is 0 Å². The summed E-state index contributed by atoms with van der Waals surface area (Å²) in [5, 5.41) is 15.5. The molecule has 1 aliphatic heterocycles. The Morgan fingerprint density at radius 1 is 1.22 bits per heavy atom. The van der Waals surface area contributed by atoms with Crippen LogP contribution in [0.3, 0.4) is 0 Å². The van der Waals surface area contributed by atoms with Crippen molar-refractivity contribution in [1.29, 1.82) is 0 Å². The van der Waals surface area contributed by atoms with Gasteiger partial charge in [-0.15, -0.1) is 5.10 Å². The molecule has 0 bridgehead atoms. The minimum absolute atomic E-state index is 0.0666. The van der Waals surface area contributed by atoms with Gasteiger partial charge in [0, 0.05) is 5.56 Å². The molecule has 10 nitrogen and oxygen atoms in total. The standard InChI is InChI=1S/C9H10N4O3.C7H8O3S/c10-9(13-14)12-11-4-6-2-1-3-7-8(6)16-5-15-7;1-6-2-4-7(5-3-6)11(8,9)10/h1-4,14H,5H2,(H3,10,12,13);2-5H,1H3,(H,8,9,10)/b11-4+;. The van der Waals surface area contributed by atoms with Gasteiger partial charge in [-0.1, -0.05) is 23.8 Å². The third-order valence-corrected chi connectivity index (χ3v) is 4.09. The van der Waals surface area contributed by atoms with Crippen molar-refractivity contribution >= 4 is 22.3 Å². The van der Waals surface area contributed by atoms with Crippen LogP contribution in [-0.2, 0) is 10.1 Å². The van der Waals surface area contributed by atoms with Crippen molar-refractivity contribution in [3.05, 3.63) is 53.6 Å². The van der Waals surface area contributed by atoms with Crippen LogP contribution in [0.25, 0.3) is 0 Å². The van der Waals surface area contributed by atoms with Crippen LogP contribution in [0.15, 0.2) is 57.6 Å². The summed E-state index contributed by atoms with van der Waals surface area (Å²) >= 11 is 0. The maximum Gasteiger partial charge on any atom is 0.294 e. The molecular weight excluding hydrogens is 376 g/mol. The predicted octanol–water partition coefficient (Wildman–Crippen LogP) is 1.28. The molecule has 144 valence electrons. The molecule has 0 atom stereocenters. The number of ether oxygens (including phenoxy) is 2. The normalized spacial score (nSPS) is 13.2. The van der Waals surface area contributed by atoms with Crippen molar-refractivity contribution < 1.29 is 27.7 Å². The Labute approximate surface area is 155 Å². The Bertz CT molecular complexity index is 942. The minimum atomic E-state index is -4.02. The van der Waals surface area contributed by atoms with E-state index in [1.165, 1.54) is 18.3 Å². The number of para-hydroxylation sites is 1. The molecule has 3 rings (SSSR count). The lowest BCUT2D eigenvalue weighted by Gasteiger charge is -1.98. The highest BCUT2D eigenvalue weighted by Crippen LogP contribution is 2.34. The van der Waals surface area contributed by atoms with Gasteiger partial charge >= 0.3 is 0 Å². The molecule has 0 radical (unpaired) electrons. The summed E-state index contributed by atoms with van der Waals surface area (Å²) < 4.78 is 40.0. The lowest BCUT2D eigenvalue weighted by Crippen LogP contribution is -2.27. The van der Waals surface area contributed by atoms with E-state index in [2.05, 4.69) is 10.2 Å². The van der Waals surface area contributed by atoms with Gasteiger partial charge in [-0.3, -0.25) is 9.76 Å². The van der Waals surface area contributed by atoms with Crippen LogP contribution in [0, 0.1) is 6.92 Å². The fraction of sp³-hybridized carbons (Fsp3) is 0.125. The fourth-order valence-electron chi connectivity index (χ4n) is 1.94. The summed E-state index contributed by atoms with van der Waals surface area (Å²) in [4.78, 5) is -0.0666. The first-order chi connectivity index (χ1) is 12.8. The van der Waals surface area contributed by atoms with E-state index in [1.54, 1.807) is 29.7 Å². The molecule has 0 saturated carbocycles. The van der Waals surface area contributed by atoms with E-state index in [9.17, 15) is 8.42 Å². The van der Waals surface area contributed by atoms with Crippen LogP contribution in [-0.4, -0.2) is 37.1 Å². The number of nitrogens with one attached hydrogen (secondary N) is 1. The highest BCUT2D eigenvalue weighted by Gasteiger charge is 2.15. The zero-order valence-corrected chi connectivity index (χ0v) is 15.0. The second kappa shape index (κ2) is 8.98. The molecule has 0 spiro atoms. The molecule has 0 aliphatic carbocycles. The Morgan fingerprint density at radius 2 is 1.93 bits per heavy atom. The Morgan fingerprint density at radius 3 is 2.56 bits per heavy atom. The minimum Gasteiger partial charge on any atom is -0.454 e. The molecule has 27 heavy (non-hydrogen) atoms. The number of hydrogen-bond donors (Lipinski definition) is 4. The van der Waals surface area contributed by atoms with Gasteiger partial charge in [-0.25, -0.2) is 5.48 Å². The van der Waals surface area contributed by atoms with Crippen LogP contribution in [0.5, 0.6) is 11.5 Å². The molecule has 0 fully saturated rings. The maximum atomic E-state index is 10.5. The zero-order chi connectivity index (χ0) is 19.9.